The molecule has 0 saturated heterocycles. The average molecular weight is 300 g/mol. The number of phenols is 3. The SMILES string of the molecule is O=C(Oc1cc(F)c(F)c(F)c1)c1cc(O)c(O)c(O)c1. The van der Waals surface area contributed by atoms with Gasteiger partial charge < -0.3 is 20.1 Å². The minimum Gasteiger partial charge on any atom is -0.504 e. The van der Waals surface area contributed by atoms with E-state index in [0.717, 1.165) is 12.1 Å². The van der Waals surface area contributed by atoms with E-state index in [1.54, 1.807) is 0 Å². The number of carbonyl (C=O) groups excluding carboxylic acids is 1. The zero-order valence-corrected chi connectivity index (χ0v) is 10.1. The minimum absolute atomic E-state index is 0.395. The molecule has 8 heteroatoms. The summed E-state index contributed by atoms with van der Waals surface area (Å²) in [5.74, 6) is -9.03. The molecule has 0 heterocycles. The van der Waals surface area contributed by atoms with E-state index in [4.69, 9.17) is 5.11 Å². The van der Waals surface area contributed by atoms with Crippen molar-refractivity contribution in [3.05, 3.63) is 47.3 Å². The van der Waals surface area contributed by atoms with Gasteiger partial charge in [0.1, 0.15) is 5.75 Å². The lowest BCUT2D eigenvalue weighted by Crippen LogP contribution is -2.09. The summed E-state index contributed by atoms with van der Waals surface area (Å²) in [6, 6.07) is 2.45. The summed E-state index contributed by atoms with van der Waals surface area (Å²) in [6.07, 6.45) is 0. The number of phenolic OH excluding ortho intramolecular Hbond substituents is 3. The number of rotatable bonds is 2. The van der Waals surface area contributed by atoms with Crippen LogP contribution >= 0.6 is 0 Å². The third-order valence-corrected chi connectivity index (χ3v) is 2.47. The Labute approximate surface area is 115 Å². The number of aromatic hydroxyl groups is 3. The van der Waals surface area contributed by atoms with Crippen molar-refractivity contribution in [1.82, 2.24) is 0 Å². The Kier molecular flexibility index (Phi) is 3.62. The molecule has 0 bridgehead atoms. The Balaban J connectivity index is 2.30. The van der Waals surface area contributed by atoms with E-state index in [0.29, 0.717) is 12.1 Å². The third-order valence-electron chi connectivity index (χ3n) is 2.47. The predicted octanol–water partition coefficient (Wildman–Crippen LogP) is 2.44. The summed E-state index contributed by atoms with van der Waals surface area (Å²) in [6.45, 7) is 0. The van der Waals surface area contributed by atoms with E-state index < -0.39 is 52.0 Å². The van der Waals surface area contributed by atoms with Crippen molar-refractivity contribution in [1.29, 1.82) is 0 Å². The molecule has 0 spiro atoms. The maximum atomic E-state index is 13.0. The molecular weight excluding hydrogens is 293 g/mol. The zero-order chi connectivity index (χ0) is 15.7. The topological polar surface area (TPSA) is 87.0 Å². The highest BCUT2D eigenvalue weighted by Crippen LogP contribution is 2.35. The smallest absolute Gasteiger partial charge is 0.343 e. The molecule has 2 rings (SSSR count). The lowest BCUT2D eigenvalue weighted by atomic mass is 10.2. The molecule has 2 aromatic rings. The molecule has 0 aliphatic carbocycles. The first-order chi connectivity index (χ1) is 9.79. The number of carbonyl (C=O) groups is 1. The van der Waals surface area contributed by atoms with Gasteiger partial charge in [0.25, 0.3) is 0 Å². The van der Waals surface area contributed by atoms with Gasteiger partial charge in [0.05, 0.1) is 5.56 Å². The molecule has 0 saturated carbocycles. The lowest BCUT2D eigenvalue weighted by Gasteiger charge is -2.07. The van der Waals surface area contributed by atoms with Crippen molar-refractivity contribution >= 4 is 5.97 Å². The molecule has 110 valence electrons. The fourth-order valence-corrected chi connectivity index (χ4v) is 1.48. The van der Waals surface area contributed by atoms with Gasteiger partial charge in [-0.1, -0.05) is 0 Å². The van der Waals surface area contributed by atoms with Crippen LogP contribution in [-0.4, -0.2) is 21.3 Å². The molecule has 0 fully saturated rings. The summed E-state index contributed by atoms with van der Waals surface area (Å²) in [5.41, 5.74) is -0.395. The van der Waals surface area contributed by atoms with Crippen LogP contribution in [0.4, 0.5) is 13.2 Å². The summed E-state index contributed by atoms with van der Waals surface area (Å²) in [5, 5.41) is 27.6. The molecule has 5 nitrogen and oxygen atoms in total. The summed E-state index contributed by atoms with van der Waals surface area (Å²) in [7, 11) is 0. The maximum Gasteiger partial charge on any atom is 0.343 e. The third kappa shape index (κ3) is 2.83. The highest BCUT2D eigenvalue weighted by Gasteiger charge is 2.17. The van der Waals surface area contributed by atoms with Crippen molar-refractivity contribution < 1.29 is 38.0 Å². The van der Waals surface area contributed by atoms with Gasteiger partial charge in [-0.15, -0.1) is 0 Å². The van der Waals surface area contributed by atoms with Gasteiger partial charge in [-0.2, -0.15) is 0 Å². The Morgan fingerprint density at radius 1 is 0.905 bits per heavy atom. The van der Waals surface area contributed by atoms with E-state index in [-0.39, 0.29) is 0 Å². The van der Waals surface area contributed by atoms with Crippen LogP contribution in [0.5, 0.6) is 23.0 Å². The molecule has 0 amide bonds. The molecule has 0 aliphatic rings. The highest BCUT2D eigenvalue weighted by molar-refractivity contribution is 5.92. The first kappa shape index (κ1) is 14.5. The highest BCUT2D eigenvalue weighted by atomic mass is 19.2. The molecule has 3 N–H and O–H groups in total. The second kappa shape index (κ2) is 5.23. The van der Waals surface area contributed by atoms with Crippen LogP contribution in [0, 0.1) is 17.5 Å². The fraction of sp³-hybridized carbons (Fsp3) is 0. The Morgan fingerprint density at radius 3 is 1.86 bits per heavy atom. The standard InChI is InChI=1S/C13H7F3O5/c14-7-3-6(4-8(15)11(7)16)21-13(20)5-1-9(17)12(19)10(18)2-5/h1-4,17-19H. The van der Waals surface area contributed by atoms with Gasteiger partial charge in [0, 0.05) is 12.1 Å². The van der Waals surface area contributed by atoms with Crippen molar-refractivity contribution in [3.63, 3.8) is 0 Å². The summed E-state index contributed by atoms with van der Waals surface area (Å²) >= 11 is 0. The predicted molar refractivity (Wildman–Crippen MR) is 62.7 cm³/mol. The average Bonchev–Trinajstić information content (AvgIpc) is 2.41. The van der Waals surface area contributed by atoms with Gasteiger partial charge in [0.15, 0.2) is 34.7 Å². The molecule has 0 unspecified atom stereocenters. The zero-order valence-electron chi connectivity index (χ0n) is 10.1. The monoisotopic (exact) mass is 300 g/mol. The van der Waals surface area contributed by atoms with Crippen LogP contribution in [0.15, 0.2) is 24.3 Å². The number of hydrogen-bond acceptors (Lipinski definition) is 5. The minimum atomic E-state index is -1.71. The van der Waals surface area contributed by atoms with Crippen LogP contribution in [0.3, 0.4) is 0 Å². The van der Waals surface area contributed by atoms with Crippen molar-refractivity contribution in [2.75, 3.05) is 0 Å². The molecule has 21 heavy (non-hydrogen) atoms. The van der Waals surface area contributed by atoms with Crippen LogP contribution in [0.2, 0.25) is 0 Å². The fourth-order valence-electron chi connectivity index (χ4n) is 1.48. The molecule has 2 aromatic carbocycles. The number of benzene rings is 2. The van der Waals surface area contributed by atoms with Gasteiger partial charge in [-0.25, -0.2) is 18.0 Å². The first-order valence-corrected chi connectivity index (χ1v) is 5.41. The molecular formula is C13H7F3O5. The van der Waals surface area contributed by atoms with E-state index >= 15 is 0 Å². The molecule has 0 aliphatic heterocycles. The van der Waals surface area contributed by atoms with Crippen LogP contribution in [0.1, 0.15) is 10.4 Å². The van der Waals surface area contributed by atoms with E-state index in [1.165, 1.54) is 0 Å². The number of halogens is 3. The van der Waals surface area contributed by atoms with Crippen molar-refractivity contribution in [3.8, 4) is 23.0 Å². The second-order valence-electron chi connectivity index (χ2n) is 3.95. The van der Waals surface area contributed by atoms with Gasteiger partial charge in [-0.3, -0.25) is 0 Å². The van der Waals surface area contributed by atoms with Crippen LogP contribution in [0.25, 0.3) is 0 Å². The largest absolute Gasteiger partial charge is 0.504 e. The van der Waals surface area contributed by atoms with Gasteiger partial charge in [0.2, 0.25) is 0 Å². The number of esters is 1. The molecule has 0 radical (unpaired) electrons. The van der Waals surface area contributed by atoms with E-state index in [9.17, 15) is 28.2 Å². The van der Waals surface area contributed by atoms with Gasteiger partial charge in [-0.05, 0) is 12.1 Å². The van der Waals surface area contributed by atoms with Crippen molar-refractivity contribution in [2.24, 2.45) is 0 Å². The molecule has 0 atom stereocenters. The van der Waals surface area contributed by atoms with Crippen molar-refractivity contribution in [2.45, 2.75) is 0 Å². The Hall–Kier alpha value is -2.90. The van der Waals surface area contributed by atoms with E-state index in [2.05, 4.69) is 4.74 Å². The second-order valence-corrected chi connectivity index (χ2v) is 3.95. The first-order valence-electron chi connectivity index (χ1n) is 5.41. The normalized spacial score (nSPS) is 10.4. The molecule has 0 aromatic heterocycles. The van der Waals surface area contributed by atoms with E-state index in [1.807, 2.05) is 0 Å². The quantitative estimate of drug-likeness (QED) is 0.343. The lowest BCUT2D eigenvalue weighted by molar-refractivity contribution is 0.0732. The Morgan fingerprint density at radius 2 is 1.38 bits per heavy atom. The summed E-state index contributed by atoms with van der Waals surface area (Å²) in [4.78, 5) is 11.7. The number of hydrogen-bond donors (Lipinski definition) is 3. The van der Waals surface area contributed by atoms with Gasteiger partial charge >= 0.3 is 5.97 Å². The Bertz CT molecular complexity index is 684. The van der Waals surface area contributed by atoms with Crippen LogP contribution in [-0.2, 0) is 0 Å². The number of ether oxygens (including phenoxy) is 1. The maximum absolute atomic E-state index is 13.0. The summed E-state index contributed by atoms with van der Waals surface area (Å²) < 4.78 is 43.2. The van der Waals surface area contributed by atoms with Crippen LogP contribution < -0.4 is 4.74 Å².